The summed E-state index contributed by atoms with van der Waals surface area (Å²) in [5.74, 6) is 0. The van der Waals surface area contributed by atoms with E-state index in [1.165, 1.54) is 50.8 Å². The predicted octanol–water partition coefficient (Wildman–Crippen LogP) is 2.71. The molecule has 0 amide bonds. The van der Waals surface area contributed by atoms with E-state index in [4.69, 9.17) is 0 Å². The minimum absolute atomic E-state index is 0.363. The minimum atomic E-state index is 0.363. The summed E-state index contributed by atoms with van der Waals surface area (Å²) >= 11 is 0. The summed E-state index contributed by atoms with van der Waals surface area (Å²) in [6.45, 7) is 4.45. The lowest BCUT2D eigenvalue weighted by molar-refractivity contribution is 0.189. The fraction of sp³-hybridized carbons (Fsp3) is 0.800. The summed E-state index contributed by atoms with van der Waals surface area (Å²) < 4.78 is 0. The van der Waals surface area contributed by atoms with Crippen molar-refractivity contribution < 1.29 is 0 Å². The van der Waals surface area contributed by atoms with Crippen LogP contribution in [0.25, 0.3) is 0 Å². The average Bonchev–Trinajstić information content (AvgIpc) is 2.98. The highest BCUT2D eigenvalue weighted by atomic mass is 15.1. The zero-order valence-corrected chi connectivity index (χ0v) is 12.4. The molecular formula is C15H28N4. The Morgan fingerprint density at radius 3 is 2.89 bits per heavy atom. The second-order valence-electron chi connectivity index (χ2n) is 5.81. The molecule has 0 spiro atoms. The highest BCUT2D eigenvalue weighted by molar-refractivity contribution is 5.02. The normalized spacial score (nSPS) is 18.9. The van der Waals surface area contributed by atoms with Crippen molar-refractivity contribution >= 4 is 0 Å². The van der Waals surface area contributed by atoms with Crippen molar-refractivity contribution in [2.45, 2.75) is 57.5 Å². The second kappa shape index (κ2) is 7.65. The van der Waals surface area contributed by atoms with Crippen LogP contribution in [0.15, 0.2) is 12.3 Å². The Morgan fingerprint density at radius 2 is 2.21 bits per heavy atom. The van der Waals surface area contributed by atoms with Gasteiger partial charge in [-0.25, -0.2) is 0 Å². The molecule has 0 aliphatic heterocycles. The fourth-order valence-electron chi connectivity index (χ4n) is 2.97. The van der Waals surface area contributed by atoms with Gasteiger partial charge in [-0.2, -0.15) is 5.10 Å². The highest BCUT2D eigenvalue weighted by Crippen LogP contribution is 2.21. The molecule has 1 fully saturated rings. The topological polar surface area (TPSA) is 44.0 Å². The van der Waals surface area contributed by atoms with E-state index >= 15 is 0 Å². The zero-order chi connectivity index (χ0) is 13.5. The molecule has 1 aliphatic rings. The van der Waals surface area contributed by atoms with Gasteiger partial charge in [0, 0.05) is 18.3 Å². The average molecular weight is 264 g/mol. The van der Waals surface area contributed by atoms with Crippen molar-refractivity contribution in [3.63, 3.8) is 0 Å². The molecule has 2 rings (SSSR count). The summed E-state index contributed by atoms with van der Waals surface area (Å²) in [5.41, 5.74) is 1.17. The van der Waals surface area contributed by atoms with E-state index in [2.05, 4.69) is 34.4 Å². The van der Waals surface area contributed by atoms with Crippen molar-refractivity contribution in [2.24, 2.45) is 0 Å². The quantitative estimate of drug-likeness (QED) is 0.744. The van der Waals surface area contributed by atoms with E-state index in [1.54, 1.807) is 0 Å². The van der Waals surface area contributed by atoms with Crippen molar-refractivity contribution in [2.75, 3.05) is 20.1 Å². The van der Waals surface area contributed by atoms with Gasteiger partial charge in [-0.3, -0.25) is 5.10 Å². The van der Waals surface area contributed by atoms with Gasteiger partial charge in [0.1, 0.15) is 0 Å². The molecule has 108 valence electrons. The molecule has 0 radical (unpaired) electrons. The van der Waals surface area contributed by atoms with Crippen LogP contribution in [0.3, 0.4) is 0 Å². The van der Waals surface area contributed by atoms with Crippen LogP contribution in [0.1, 0.15) is 57.2 Å². The number of aromatic amines is 1. The first kappa shape index (κ1) is 14.5. The maximum absolute atomic E-state index is 3.99. The van der Waals surface area contributed by atoms with E-state index in [1.807, 2.05) is 12.3 Å². The molecule has 2 N–H and O–H groups in total. The minimum Gasteiger partial charge on any atom is -0.309 e. The number of nitrogens with one attached hydrogen (secondary N) is 2. The summed E-state index contributed by atoms with van der Waals surface area (Å²) in [6.07, 6.45) is 10.1. The van der Waals surface area contributed by atoms with Gasteiger partial charge in [-0.1, -0.05) is 19.3 Å². The first-order valence-electron chi connectivity index (χ1n) is 7.70. The molecule has 0 saturated heterocycles. The lowest BCUT2D eigenvalue weighted by Crippen LogP contribution is -2.35. The lowest BCUT2D eigenvalue weighted by Gasteiger charge is -2.31. The van der Waals surface area contributed by atoms with Gasteiger partial charge in [0.25, 0.3) is 0 Å². The van der Waals surface area contributed by atoms with Crippen molar-refractivity contribution in [3.05, 3.63) is 18.0 Å². The summed E-state index contributed by atoms with van der Waals surface area (Å²) in [4.78, 5) is 2.56. The lowest BCUT2D eigenvalue weighted by atomic mass is 9.94. The molecule has 1 saturated carbocycles. The largest absolute Gasteiger partial charge is 0.309 e. The molecule has 19 heavy (non-hydrogen) atoms. The van der Waals surface area contributed by atoms with Crippen LogP contribution in [-0.2, 0) is 0 Å². The highest BCUT2D eigenvalue weighted by Gasteiger charge is 2.17. The van der Waals surface area contributed by atoms with E-state index in [0.29, 0.717) is 6.04 Å². The van der Waals surface area contributed by atoms with Gasteiger partial charge in [0.05, 0.1) is 5.69 Å². The summed E-state index contributed by atoms with van der Waals surface area (Å²) in [6, 6.07) is 3.23. The van der Waals surface area contributed by atoms with Crippen molar-refractivity contribution in [1.29, 1.82) is 0 Å². The van der Waals surface area contributed by atoms with Crippen molar-refractivity contribution in [1.82, 2.24) is 20.4 Å². The van der Waals surface area contributed by atoms with Crippen LogP contribution in [0, 0.1) is 0 Å². The summed E-state index contributed by atoms with van der Waals surface area (Å²) in [5, 5.41) is 10.5. The Kier molecular flexibility index (Phi) is 5.86. The first-order chi connectivity index (χ1) is 9.27. The van der Waals surface area contributed by atoms with Crippen LogP contribution >= 0.6 is 0 Å². The van der Waals surface area contributed by atoms with Gasteiger partial charge in [0.15, 0.2) is 0 Å². The molecule has 1 aromatic rings. The van der Waals surface area contributed by atoms with Crippen LogP contribution < -0.4 is 5.32 Å². The third-order valence-corrected chi connectivity index (χ3v) is 4.32. The molecule has 0 bridgehead atoms. The smallest absolute Gasteiger partial charge is 0.0518 e. The summed E-state index contributed by atoms with van der Waals surface area (Å²) in [7, 11) is 2.29. The van der Waals surface area contributed by atoms with Crippen LogP contribution in [-0.4, -0.2) is 41.3 Å². The zero-order valence-electron chi connectivity index (χ0n) is 12.4. The van der Waals surface area contributed by atoms with Crippen LogP contribution in [0.4, 0.5) is 0 Å². The monoisotopic (exact) mass is 264 g/mol. The first-order valence-corrected chi connectivity index (χ1v) is 7.70. The second-order valence-corrected chi connectivity index (χ2v) is 5.81. The van der Waals surface area contributed by atoms with Gasteiger partial charge in [-0.15, -0.1) is 0 Å². The molecule has 4 heteroatoms. The van der Waals surface area contributed by atoms with Gasteiger partial charge >= 0.3 is 0 Å². The Labute approximate surface area is 117 Å². The van der Waals surface area contributed by atoms with E-state index in [-0.39, 0.29) is 0 Å². The van der Waals surface area contributed by atoms with Crippen molar-refractivity contribution in [3.8, 4) is 0 Å². The number of H-pyrrole nitrogens is 1. The number of hydrogen-bond acceptors (Lipinski definition) is 3. The molecule has 1 unspecified atom stereocenters. The number of aromatic nitrogens is 2. The van der Waals surface area contributed by atoms with E-state index in [9.17, 15) is 0 Å². The van der Waals surface area contributed by atoms with Crippen LogP contribution in [0.2, 0.25) is 0 Å². The third-order valence-electron chi connectivity index (χ3n) is 4.32. The molecule has 1 aliphatic carbocycles. The number of rotatable bonds is 7. The van der Waals surface area contributed by atoms with E-state index in [0.717, 1.165) is 12.6 Å². The fourth-order valence-corrected chi connectivity index (χ4v) is 2.97. The third kappa shape index (κ3) is 4.62. The van der Waals surface area contributed by atoms with E-state index < -0.39 is 0 Å². The molecular weight excluding hydrogens is 236 g/mol. The standard InChI is InChI=1S/C15H28N4/c1-13(15-9-11-17-18-15)16-10-6-12-19(2)14-7-4-3-5-8-14/h9,11,13-14,16H,3-8,10,12H2,1-2H3,(H,17,18). The molecule has 1 aromatic heterocycles. The Balaban J connectivity index is 1.58. The van der Waals surface area contributed by atoms with Gasteiger partial charge in [-0.05, 0) is 52.4 Å². The van der Waals surface area contributed by atoms with Gasteiger partial charge in [0.2, 0.25) is 0 Å². The number of hydrogen-bond donors (Lipinski definition) is 2. The molecule has 0 aromatic carbocycles. The maximum atomic E-state index is 3.99. The predicted molar refractivity (Wildman–Crippen MR) is 79.1 cm³/mol. The molecule has 1 atom stereocenters. The Hall–Kier alpha value is -0.870. The maximum Gasteiger partial charge on any atom is 0.0518 e. The van der Waals surface area contributed by atoms with Crippen LogP contribution in [0.5, 0.6) is 0 Å². The molecule has 4 nitrogen and oxygen atoms in total. The molecule has 1 heterocycles. The van der Waals surface area contributed by atoms with Gasteiger partial charge < -0.3 is 10.2 Å². The Bertz CT molecular complexity index is 330. The number of nitrogens with zero attached hydrogens (tertiary/aromatic N) is 2. The Morgan fingerprint density at radius 1 is 1.42 bits per heavy atom. The SMILES string of the molecule is CC(NCCCN(C)C1CCCCC1)c1ccn[nH]1.